The summed E-state index contributed by atoms with van der Waals surface area (Å²) in [6.45, 7) is 5.86. The zero-order valence-electron chi connectivity index (χ0n) is 9.50. The standard InChI is InChI=1S/C9H19N5O/c1-9(2,4-5-15-3)6-11-8-12-7(10)13-14-8/h4-6H2,1-3H3,(H4,10,11,12,13,14). The first-order chi connectivity index (χ1) is 7.03. The molecule has 1 aromatic rings. The van der Waals surface area contributed by atoms with E-state index in [9.17, 15) is 0 Å². The number of nitrogens with two attached hydrogens (primary N) is 1. The number of aromatic nitrogens is 3. The molecule has 0 fully saturated rings. The van der Waals surface area contributed by atoms with Gasteiger partial charge in [0.25, 0.3) is 0 Å². The van der Waals surface area contributed by atoms with E-state index in [1.165, 1.54) is 0 Å². The molecule has 0 saturated carbocycles. The molecular formula is C9H19N5O. The van der Waals surface area contributed by atoms with Crippen molar-refractivity contribution >= 4 is 11.9 Å². The number of H-pyrrole nitrogens is 1. The molecule has 1 aromatic heterocycles. The highest BCUT2D eigenvalue weighted by Gasteiger charge is 2.17. The molecule has 4 N–H and O–H groups in total. The molecule has 0 amide bonds. The molecule has 0 aliphatic carbocycles. The summed E-state index contributed by atoms with van der Waals surface area (Å²) in [6.07, 6.45) is 0.983. The van der Waals surface area contributed by atoms with Crippen LogP contribution in [0, 0.1) is 5.41 Å². The van der Waals surface area contributed by atoms with Crippen molar-refractivity contribution in [2.45, 2.75) is 20.3 Å². The monoisotopic (exact) mass is 213 g/mol. The second kappa shape index (κ2) is 4.97. The van der Waals surface area contributed by atoms with Gasteiger partial charge < -0.3 is 15.8 Å². The van der Waals surface area contributed by atoms with Gasteiger partial charge in [-0.2, -0.15) is 4.98 Å². The van der Waals surface area contributed by atoms with E-state index in [1.54, 1.807) is 7.11 Å². The van der Waals surface area contributed by atoms with Crippen molar-refractivity contribution in [2.24, 2.45) is 5.41 Å². The van der Waals surface area contributed by atoms with Crippen molar-refractivity contribution in [3.8, 4) is 0 Å². The van der Waals surface area contributed by atoms with Crippen LogP contribution in [0.15, 0.2) is 0 Å². The number of hydrogen-bond donors (Lipinski definition) is 3. The molecule has 6 heteroatoms. The molecule has 0 radical (unpaired) electrons. The molecule has 86 valence electrons. The Labute approximate surface area is 89.6 Å². The molecule has 0 atom stereocenters. The number of anilines is 2. The van der Waals surface area contributed by atoms with E-state index >= 15 is 0 Å². The average Bonchev–Trinajstić information content (AvgIpc) is 2.59. The third-order valence-corrected chi connectivity index (χ3v) is 2.21. The minimum absolute atomic E-state index is 0.144. The summed E-state index contributed by atoms with van der Waals surface area (Å²) < 4.78 is 5.05. The van der Waals surface area contributed by atoms with Gasteiger partial charge in [0.2, 0.25) is 11.9 Å². The molecule has 0 aliphatic rings. The second-order valence-corrected chi connectivity index (χ2v) is 4.30. The van der Waals surface area contributed by atoms with E-state index in [0.29, 0.717) is 11.9 Å². The van der Waals surface area contributed by atoms with Gasteiger partial charge in [0, 0.05) is 20.3 Å². The number of nitrogen functional groups attached to an aromatic ring is 1. The quantitative estimate of drug-likeness (QED) is 0.652. The van der Waals surface area contributed by atoms with Gasteiger partial charge >= 0.3 is 0 Å². The Balaban J connectivity index is 2.35. The van der Waals surface area contributed by atoms with Crippen LogP contribution in [-0.2, 0) is 4.74 Å². The van der Waals surface area contributed by atoms with Gasteiger partial charge in [0.1, 0.15) is 0 Å². The Bertz CT molecular complexity index is 296. The van der Waals surface area contributed by atoms with Crippen molar-refractivity contribution in [1.29, 1.82) is 0 Å². The normalized spacial score (nSPS) is 11.7. The minimum atomic E-state index is 0.144. The van der Waals surface area contributed by atoms with E-state index in [4.69, 9.17) is 10.5 Å². The maximum absolute atomic E-state index is 5.41. The molecule has 6 nitrogen and oxygen atoms in total. The fourth-order valence-electron chi connectivity index (χ4n) is 1.14. The van der Waals surface area contributed by atoms with Crippen molar-refractivity contribution in [3.63, 3.8) is 0 Å². The summed E-state index contributed by atoms with van der Waals surface area (Å²) in [5.41, 5.74) is 5.55. The van der Waals surface area contributed by atoms with Crippen LogP contribution in [0.2, 0.25) is 0 Å². The van der Waals surface area contributed by atoms with E-state index in [1.807, 2.05) is 0 Å². The molecule has 15 heavy (non-hydrogen) atoms. The Hall–Kier alpha value is -1.30. The minimum Gasteiger partial charge on any atom is -0.385 e. The van der Waals surface area contributed by atoms with Crippen LogP contribution in [0.4, 0.5) is 11.9 Å². The second-order valence-electron chi connectivity index (χ2n) is 4.30. The molecule has 0 bridgehead atoms. The third-order valence-electron chi connectivity index (χ3n) is 2.21. The average molecular weight is 213 g/mol. The van der Waals surface area contributed by atoms with Crippen LogP contribution in [0.25, 0.3) is 0 Å². The van der Waals surface area contributed by atoms with Gasteiger partial charge in [0.15, 0.2) is 0 Å². The van der Waals surface area contributed by atoms with Crippen LogP contribution in [0.1, 0.15) is 20.3 Å². The van der Waals surface area contributed by atoms with Crippen molar-refractivity contribution in [1.82, 2.24) is 15.2 Å². The first-order valence-corrected chi connectivity index (χ1v) is 4.94. The number of hydrogen-bond acceptors (Lipinski definition) is 5. The molecule has 0 spiro atoms. The summed E-state index contributed by atoms with van der Waals surface area (Å²) in [4.78, 5) is 3.96. The Kier molecular flexibility index (Phi) is 3.90. The highest BCUT2D eigenvalue weighted by molar-refractivity contribution is 5.29. The van der Waals surface area contributed by atoms with Crippen molar-refractivity contribution < 1.29 is 4.74 Å². The topological polar surface area (TPSA) is 88.8 Å². The lowest BCUT2D eigenvalue weighted by Gasteiger charge is -2.23. The summed E-state index contributed by atoms with van der Waals surface area (Å²) in [6, 6.07) is 0. The number of nitrogens with one attached hydrogen (secondary N) is 2. The smallest absolute Gasteiger partial charge is 0.243 e. The maximum atomic E-state index is 5.41. The number of methoxy groups -OCH3 is 1. The van der Waals surface area contributed by atoms with Gasteiger partial charge in [0.05, 0.1) is 0 Å². The summed E-state index contributed by atoms with van der Waals surface area (Å²) in [5.74, 6) is 0.866. The summed E-state index contributed by atoms with van der Waals surface area (Å²) in [5, 5.41) is 9.60. The predicted molar refractivity (Wildman–Crippen MR) is 59.6 cm³/mol. The van der Waals surface area contributed by atoms with Gasteiger partial charge in [-0.3, -0.25) is 0 Å². The van der Waals surface area contributed by atoms with E-state index in [-0.39, 0.29) is 5.41 Å². The fraction of sp³-hybridized carbons (Fsp3) is 0.778. The van der Waals surface area contributed by atoms with Crippen LogP contribution >= 0.6 is 0 Å². The third kappa shape index (κ3) is 4.16. The van der Waals surface area contributed by atoms with Gasteiger partial charge in [-0.05, 0) is 11.8 Å². The van der Waals surface area contributed by atoms with Crippen molar-refractivity contribution in [3.05, 3.63) is 0 Å². The lowest BCUT2D eigenvalue weighted by atomic mass is 9.90. The first-order valence-electron chi connectivity index (χ1n) is 4.94. The van der Waals surface area contributed by atoms with Crippen LogP contribution < -0.4 is 11.1 Å². The molecule has 0 aliphatic heterocycles. The molecule has 0 unspecified atom stereocenters. The fourth-order valence-corrected chi connectivity index (χ4v) is 1.14. The zero-order valence-corrected chi connectivity index (χ0v) is 9.50. The van der Waals surface area contributed by atoms with E-state index < -0.39 is 0 Å². The van der Waals surface area contributed by atoms with E-state index in [0.717, 1.165) is 19.6 Å². The molecule has 1 heterocycles. The highest BCUT2D eigenvalue weighted by Crippen LogP contribution is 2.20. The van der Waals surface area contributed by atoms with Crippen molar-refractivity contribution in [2.75, 3.05) is 31.3 Å². The lowest BCUT2D eigenvalue weighted by molar-refractivity contribution is 0.157. The van der Waals surface area contributed by atoms with Gasteiger partial charge in [-0.1, -0.05) is 13.8 Å². The zero-order chi connectivity index (χ0) is 11.3. The SMILES string of the molecule is COCCC(C)(C)CNc1n[nH]c(N)n1. The van der Waals surface area contributed by atoms with Crippen LogP contribution in [0.3, 0.4) is 0 Å². The molecule has 0 saturated heterocycles. The molecule has 1 rings (SSSR count). The Morgan fingerprint density at radius 1 is 1.53 bits per heavy atom. The largest absolute Gasteiger partial charge is 0.385 e. The van der Waals surface area contributed by atoms with Gasteiger partial charge in [-0.15, -0.1) is 5.10 Å². The van der Waals surface area contributed by atoms with Crippen LogP contribution in [-0.4, -0.2) is 35.4 Å². The summed E-state index contributed by atoms with van der Waals surface area (Å²) >= 11 is 0. The Morgan fingerprint density at radius 3 is 2.80 bits per heavy atom. The number of ether oxygens (including phenoxy) is 1. The number of nitrogens with zero attached hydrogens (tertiary/aromatic N) is 2. The molecule has 0 aromatic carbocycles. The number of aromatic amines is 1. The van der Waals surface area contributed by atoms with Gasteiger partial charge in [-0.25, -0.2) is 5.10 Å². The predicted octanol–water partition coefficient (Wildman–Crippen LogP) is 0.861. The van der Waals surface area contributed by atoms with Crippen LogP contribution in [0.5, 0.6) is 0 Å². The maximum Gasteiger partial charge on any atom is 0.243 e. The lowest BCUT2D eigenvalue weighted by Crippen LogP contribution is -2.25. The Morgan fingerprint density at radius 2 is 2.27 bits per heavy atom. The number of rotatable bonds is 6. The first kappa shape index (κ1) is 11.8. The molecular weight excluding hydrogens is 194 g/mol. The highest BCUT2D eigenvalue weighted by atomic mass is 16.5. The summed E-state index contributed by atoms with van der Waals surface area (Å²) in [7, 11) is 1.71. The van der Waals surface area contributed by atoms with E-state index in [2.05, 4.69) is 34.3 Å².